The summed E-state index contributed by atoms with van der Waals surface area (Å²) < 4.78 is 10.9. The number of aliphatic hydroxyl groups is 2. The minimum absolute atomic E-state index is 0.0542. The van der Waals surface area contributed by atoms with Crippen molar-refractivity contribution in [3.8, 4) is 0 Å². The number of benzene rings is 1. The molecule has 1 aromatic heterocycles. The highest BCUT2D eigenvalue weighted by atomic mass is 16.5. The Morgan fingerprint density at radius 3 is 2.47 bits per heavy atom. The number of carbonyl (C=O) groups excluding carboxylic acids is 6. The first-order valence-corrected chi connectivity index (χ1v) is 19.3. The lowest BCUT2D eigenvalue weighted by molar-refractivity contribution is -0.142. The maximum atomic E-state index is 14.2. The van der Waals surface area contributed by atoms with Gasteiger partial charge in [0.1, 0.15) is 30.5 Å². The van der Waals surface area contributed by atoms with E-state index in [9.17, 15) is 39.0 Å². The number of H-pyrrole nitrogens is 1. The number of esters is 1. The highest BCUT2D eigenvalue weighted by Crippen LogP contribution is 2.28. The summed E-state index contributed by atoms with van der Waals surface area (Å²) in [6, 6.07) is 1.60. The molecule has 5 rings (SSSR count). The molecule has 19 heteroatoms. The van der Waals surface area contributed by atoms with Crippen molar-refractivity contribution < 1.29 is 48.5 Å². The van der Waals surface area contributed by atoms with E-state index in [0.29, 0.717) is 0 Å². The minimum Gasteiger partial charge on any atom is -0.467 e. The quantitative estimate of drug-likeness (QED) is 0.0990. The Kier molecular flexibility index (Phi) is 14.9. The Morgan fingerprint density at radius 1 is 1.05 bits per heavy atom. The van der Waals surface area contributed by atoms with Gasteiger partial charge in [0.15, 0.2) is 6.23 Å². The molecule has 8 atom stereocenters. The fourth-order valence-corrected chi connectivity index (χ4v) is 7.58. The van der Waals surface area contributed by atoms with Gasteiger partial charge in [-0.25, -0.2) is 14.4 Å². The number of nitrogens with two attached hydrogens (primary N) is 1. The predicted molar refractivity (Wildman–Crippen MR) is 205 cm³/mol. The van der Waals surface area contributed by atoms with Crippen molar-refractivity contribution in [1.82, 2.24) is 41.4 Å². The number of urea groups is 2. The number of methoxy groups -OCH3 is 1. The van der Waals surface area contributed by atoms with Crippen LogP contribution in [0.4, 0.5) is 9.59 Å². The van der Waals surface area contributed by atoms with Gasteiger partial charge in [-0.1, -0.05) is 50.3 Å². The number of aromatic nitrogens is 1. The number of hydrogen-bond donors (Lipinski definition) is 9. The van der Waals surface area contributed by atoms with Crippen LogP contribution in [-0.4, -0.2) is 137 Å². The first kappa shape index (κ1) is 42.9. The average molecular weight is 798 g/mol. The molecule has 1 saturated heterocycles. The predicted octanol–water partition coefficient (Wildman–Crippen LogP) is -0.370. The van der Waals surface area contributed by atoms with E-state index in [1.54, 1.807) is 13.1 Å². The van der Waals surface area contributed by atoms with Gasteiger partial charge in [0.05, 0.1) is 25.8 Å². The number of carbonyl (C=O) groups is 6. The van der Waals surface area contributed by atoms with Crippen LogP contribution in [0.3, 0.4) is 0 Å². The molecule has 2 aliphatic heterocycles. The third-order valence-corrected chi connectivity index (χ3v) is 10.9. The number of hydrogen-bond acceptors (Lipinski definition) is 11. The second kappa shape index (κ2) is 19.8. The number of nitrogens with one attached hydrogen (secondary N) is 6. The van der Waals surface area contributed by atoms with Crippen LogP contribution < -0.4 is 32.3 Å². The number of fused-ring (bicyclic) bond motifs is 1. The van der Waals surface area contributed by atoms with E-state index in [0.717, 1.165) is 53.5 Å². The van der Waals surface area contributed by atoms with Crippen molar-refractivity contribution in [2.45, 2.75) is 107 Å². The molecule has 57 heavy (non-hydrogen) atoms. The van der Waals surface area contributed by atoms with Gasteiger partial charge in [0.25, 0.3) is 0 Å². The number of amides is 7. The van der Waals surface area contributed by atoms with Gasteiger partial charge >= 0.3 is 18.0 Å². The summed E-state index contributed by atoms with van der Waals surface area (Å²) in [5.74, 6) is -2.43. The number of aromatic amines is 1. The topological polar surface area (TPSA) is 270 Å². The standard InChI is InChI=1S/C38H55N9O10/c1-21(46(2)31(50)18-39)32(34(52)41-20-24-17-29(48)35(57-24)47-14-13-30(49)44-38(47)55)45-33(51)27(15-22-9-5-4-6-10-22)42-37(54)43-28(36(53)56-3)16-23-19-40-26-12-8-7-11-25(23)26/h7-8,11-14,19,21-22,24,27-30,32,35,40,48-49H,4-6,9-10,15-18,20,39H2,1-3H3,(H,41,52)(H,44,55)(H,45,51)(H2,42,43,54)/t21-,24+,27-,28-,29+,30?,32-,35+/m0/s1. The van der Waals surface area contributed by atoms with Crippen molar-refractivity contribution in [3.05, 3.63) is 48.3 Å². The lowest BCUT2D eigenvalue weighted by atomic mass is 9.84. The Morgan fingerprint density at radius 2 is 1.77 bits per heavy atom. The van der Waals surface area contributed by atoms with Gasteiger partial charge in [-0.15, -0.1) is 0 Å². The summed E-state index contributed by atoms with van der Waals surface area (Å²) in [5.41, 5.74) is 7.26. The van der Waals surface area contributed by atoms with E-state index in [2.05, 4.69) is 31.6 Å². The van der Waals surface area contributed by atoms with Gasteiger partial charge in [0.2, 0.25) is 17.7 Å². The first-order chi connectivity index (χ1) is 27.3. The van der Waals surface area contributed by atoms with Gasteiger partial charge < -0.3 is 61.9 Å². The molecule has 7 amide bonds. The third kappa shape index (κ3) is 11.0. The largest absolute Gasteiger partial charge is 0.467 e. The van der Waals surface area contributed by atoms with E-state index in [1.807, 2.05) is 24.3 Å². The van der Waals surface area contributed by atoms with Crippen molar-refractivity contribution in [1.29, 1.82) is 0 Å². The number of ether oxygens (including phenoxy) is 2. The molecule has 1 aromatic carbocycles. The van der Waals surface area contributed by atoms with E-state index in [-0.39, 0.29) is 38.3 Å². The van der Waals surface area contributed by atoms with Crippen molar-refractivity contribution in [2.24, 2.45) is 11.7 Å². The lowest BCUT2D eigenvalue weighted by Gasteiger charge is -2.34. The highest BCUT2D eigenvalue weighted by molar-refractivity contribution is 5.93. The van der Waals surface area contributed by atoms with Crippen molar-refractivity contribution >= 4 is 46.7 Å². The number of rotatable bonds is 16. The van der Waals surface area contributed by atoms with E-state index < -0.39 is 84.6 Å². The zero-order valence-corrected chi connectivity index (χ0v) is 32.4. The normalized spacial score (nSPS) is 23.1. The molecule has 0 spiro atoms. The molecule has 3 aliphatic rings. The molecule has 0 radical (unpaired) electrons. The zero-order valence-electron chi connectivity index (χ0n) is 32.4. The van der Waals surface area contributed by atoms with Crippen LogP contribution in [0.25, 0.3) is 10.9 Å². The molecule has 2 fully saturated rings. The fourth-order valence-electron chi connectivity index (χ4n) is 7.58. The van der Waals surface area contributed by atoms with Crippen LogP contribution in [0.2, 0.25) is 0 Å². The molecule has 2 aromatic rings. The van der Waals surface area contributed by atoms with Crippen LogP contribution in [0.1, 0.15) is 57.4 Å². The second-order valence-electron chi connectivity index (χ2n) is 14.8. The molecule has 1 aliphatic carbocycles. The summed E-state index contributed by atoms with van der Waals surface area (Å²) in [6.07, 6.45) is 5.35. The molecular weight excluding hydrogens is 742 g/mol. The van der Waals surface area contributed by atoms with Crippen LogP contribution in [-0.2, 0) is 35.1 Å². The lowest BCUT2D eigenvalue weighted by Crippen LogP contribution is -2.62. The van der Waals surface area contributed by atoms with Crippen LogP contribution in [0.15, 0.2) is 42.7 Å². The van der Waals surface area contributed by atoms with Gasteiger partial charge in [-0.2, -0.15) is 0 Å². The summed E-state index contributed by atoms with van der Waals surface area (Å²) in [4.78, 5) is 85.2. The summed E-state index contributed by atoms with van der Waals surface area (Å²) in [5, 5.41) is 34.4. The van der Waals surface area contributed by atoms with E-state index in [4.69, 9.17) is 15.2 Å². The Bertz CT molecular complexity index is 1780. The Labute approximate surface area is 330 Å². The molecule has 19 nitrogen and oxygen atoms in total. The molecule has 312 valence electrons. The second-order valence-corrected chi connectivity index (χ2v) is 14.8. The SMILES string of the molecule is COC(=O)[C@H](Cc1c[nH]c2ccccc12)NC(=O)N[C@@H](CC1CCCCC1)C(=O)N[C@H](C(=O)NC[C@H]1C[C@@H](O)[C@H](N2C=CC(O)NC2=O)O1)[C@H](C)N(C)C(=O)CN. The maximum absolute atomic E-state index is 14.2. The van der Waals surface area contributed by atoms with Gasteiger partial charge in [0, 0.05) is 49.7 Å². The van der Waals surface area contributed by atoms with Gasteiger partial charge in [-0.3, -0.25) is 19.3 Å². The fraction of sp³-hybridized carbons (Fsp3) is 0.579. The highest BCUT2D eigenvalue weighted by Gasteiger charge is 2.41. The van der Waals surface area contributed by atoms with Crippen molar-refractivity contribution in [3.63, 3.8) is 0 Å². The third-order valence-electron chi connectivity index (χ3n) is 10.9. The number of likely N-dealkylation sites (N-methyl/N-ethyl adjacent to an activating group) is 1. The molecule has 3 heterocycles. The number of aliphatic hydroxyl groups excluding tert-OH is 2. The molecule has 0 bridgehead atoms. The maximum Gasteiger partial charge on any atom is 0.328 e. The number of para-hydroxylation sites is 1. The van der Waals surface area contributed by atoms with E-state index >= 15 is 0 Å². The smallest absolute Gasteiger partial charge is 0.328 e. The summed E-state index contributed by atoms with van der Waals surface area (Å²) in [7, 11) is 2.67. The molecule has 1 unspecified atom stereocenters. The zero-order chi connectivity index (χ0) is 41.2. The summed E-state index contributed by atoms with van der Waals surface area (Å²) in [6.45, 7) is 1.10. The van der Waals surface area contributed by atoms with Crippen LogP contribution >= 0.6 is 0 Å². The van der Waals surface area contributed by atoms with Gasteiger partial charge in [-0.05, 0) is 37.0 Å². The first-order valence-electron chi connectivity index (χ1n) is 19.3. The Hall–Kier alpha value is -5.24. The number of nitrogens with zero attached hydrogens (tertiary/aromatic N) is 2. The van der Waals surface area contributed by atoms with Crippen LogP contribution in [0.5, 0.6) is 0 Å². The van der Waals surface area contributed by atoms with Crippen molar-refractivity contribution in [2.75, 3.05) is 27.2 Å². The Balaban J connectivity index is 1.30. The average Bonchev–Trinajstić information content (AvgIpc) is 3.79. The monoisotopic (exact) mass is 797 g/mol. The van der Waals surface area contributed by atoms with E-state index in [1.165, 1.54) is 31.3 Å². The molecule has 1 saturated carbocycles. The molecule has 10 N–H and O–H groups in total. The molecular formula is C38H55N9O10. The minimum atomic E-state index is -1.33. The summed E-state index contributed by atoms with van der Waals surface area (Å²) >= 11 is 0. The van der Waals surface area contributed by atoms with Crippen LogP contribution in [0, 0.1) is 5.92 Å².